The molecule has 0 saturated carbocycles. The standard InChI is InChI=1S/C10H10N2O4/c13-12(14)10-2-1-9(16-10)6-11-5-8-3-4-15-7-8/h1-4,7,11H,5-6H2. The molecule has 84 valence electrons. The first-order valence-electron chi connectivity index (χ1n) is 4.70. The van der Waals surface area contributed by atoms with E-state index >= 15 is 0 Å². The number of hydrogen-bond acceptors (Lipinski definition) is 5. The van der Waals surface area contributed by atoms with Crippen molar-refractivity contribution < 1.29 is 13.8 Å². The number of nitrogens with zero attached hydrogens (tertiary/aromatic N) is 1. The van der Waals surface area contributed by atoms with Crippen molar-refractivity contribution >= 4 is 5.88 Å². The molecule has 0 fully saturated rings. The largest absolute Gasteiger partial charge is 0.472 e. The summed E-state index contributed by atoms with van der Waals surface area (Å²) in [5, 5.41) is 13.4. The minimum atomic E-state index is -0.556. The summed E-state index contributed by atoms with van der Waals surface area (Å²) >= 11 is 0. The molecule has 0 bridgehead atoms. The molecule has 6 nitrogen and oxygen atoms in total. The van der Waals surface area contributed by atoms with E-state index in [4.69, 9.17) is 8.83 Å². The van der Waals surface area contributed by atoms with Crippen molar-refractivity contribution in [3.8, 4) is 0 Å². The minimum Gasteiger partial charge on any atom is -0.472 e. The third-order valence-electron chi connectivity index (χ3n) is 2.04. The summed E-state index contributed by atoms with van der Waals surface area (Å²) in [7, 11) is 0. The van der Waals surface area contributed by atoms with Crippen LogP contribution in [0, 0.1) is 10.1 Å². The zero-order valence-electron chi connectivity index (χ0n) is 8.38. The Labute approximate surface area is 91.0 Å². The molecule has 0 aliphatic rings. The highest BCUT2D eigenvalue weighted by Gasteiger charge is 2.11. The van der Waals surface area contributed by atoms with E-state index < -0.39 is 4.92 Å². The number of furan rings is 2. The Morgan fingerprint density at radius 2 is 2.19 bits per heavy atom. The smallest absolute Gasteiger partial charge is 0.433 e. The van der Waals surface area contributed by atoms with Crippen LogP contribution >= 0.6 is 0 Å². The van der Waals surface area contributed by atoms with E-state index in [-0.39, 0.29) is 5.88 Å². The highest BCUT2D eigenvalue weighted by Crippen LogP contribution is 2.15. The van der Waals surface area contributed by atoms with Crippen LogP contribution in [0.5, 0.6) is 0 Å². The quantitative estimate of drug-likeness (QED) is 0.618. The van der Waals surface area contributed by atoms with E-state index in [1.807, 2.05) is 6.07 Å². The van der Waals surface area contributed by atoms with Crippen LogP contribution < -0.4 is 5.32 Å². The van der Waals surface area contributed by atoms with Crippen molar-refractivity contribution in [2.75, 3.05) is 0 Å². The van der Waals surface area contributed by atoms with Crippen molar-refractivity contribution in [2.24, 2.45) is 0 Å². The van der Waals surface area contributed by atoms with Crippen LogP contribution in [-0.2, 0) is 13.1 Å². The van der Waals surface area contributed by atoms with Gasteiger partial charge in [-0.2, -0.15) is 0 Å². The van der Waals surface area contributed by atoms with Crippen molar-refractivity contribution in [3.05, 3.63) is 52.2 Å². The number of rotatable bonds is 5. The summed E-state index contributed by atoms with van der Waals surface area (Å²) in [5.74, 6) is 0.301. The molecule has 2 aromatic rings. The molecule has 6 heteroatoms. The Kier molecular flexibility index (Phi) is 3.02. The van der Waals surface area contributed by atoms with Gasteiger partial charge in [-0.1, -0.05) is 0 Å². The van der Waals surface area contributed by atoms with E-state index in [1.165, 1.54) is 6.07 Å². The molecule has 0 atom stereocenters. The first-order chi connectivity index (χ1) is 7.75. The van der Waals surface area contributed by atoms with E-state index in [9.17, 15) is 10.1 Å². The predicted molar refractivity (Wildman–Crippen MR) is 54.6 cm³/mol. The first kappa shape index (κ1) is 10.4. The van der Waals surface area contributed by atoms with E-state index in [2.05, 4.69) is 5.32 Å². The molecular weight excluding hydrogens is 212 g/mol. The Morgan fingerprint density at radius 3 is 2.81 bits per heavy atom. The van der Waals surface area contributed by atoms with Crippen LogP contribution in [0.2, 0.25) is 0 Å². The van der Waals surface area contributed by atoms with Gasteiger partial charge in [0.1, 0.15) is 10.7 Å². The second-order valence-corrected chi connectivity index (χ2v) is 3.23. The lowest BCUT2D eigenvalue weighted by molar-refractivity contribution is -0.402. The van der Waals surface area contributed by atoms with Gasteiger partial charge in [-0.05, 0) is 12.1 Å². The van der Waals surface area contributed by atoms with Crippen LogP contribution in [0.4, 0.5) is 5.88 Å². The fraction of sp³-hybridized carbons (Fsp3) is 0.200. The summed E-state index contributed by atoms with van der Waals surface area (Å²) in [4.78, 5) is 9.80. The van der Waals surface area contributed by atoms with Crippen LogP contribution in [0.3, 0.4) is 0 Å². The third-order valence-corrected chi connectivity index (χ3v) is 2.04. The molecule has 16 heavy (non-hydrogen) atoms. The molecule has 2 aromatic heterocycles. The normalized spacial score (nSPS) is 10.5. The van der Waals surface area contributed by atoms with Crippen LogP contribution in [0.25, 0.3) is 0 Å². The van der Waals surface area contributed by atoms with E-state index in [0.717, 1.165) is 5.56 Å². The molecular formula is C10H10N2O4. The summed E-state index contributed by atoms with van der Waals surface area (Å²) in [5.41, 5.74) is 1.01. The van der Waals surface area contributed by atoms with Gasteiger partial charge < -0.3 is 14.2 Å². The molecule has 0 aliphatic carbocycles. The van der Waals surface area contributed by atoms with Crippen LogP contribution in [0.15, 0.2) is 39.6 Å². The van der Waals surface area contributed by atoms with E-state index in [0.29, 0.717) is 18.8 Å². The van der Waals surface area contributed by atoms with Gasteiger partial charge in [0.15, 0.2) is 0 Å². The molecule has 0 spiro atoms. The number of nitro groups is 1. The zero-order valence-corrected chi connectivity index (χ0v) is 8.38. The lowest BCUT2D eigenvalue weighted by Crippen LogP contribution is -2.11. The average Bonchev–Trinajstić information content (AvgIpc) is 2.87. The van der Waals surface area contributed by atoms with Gasteiger partial charge in [-0.25, -0.2) is 0 Å². The monoisotopic (exact) mass is 222 g/mol. The topological polar surface area (TPSA) is 81.5 Å². The maximum Gasteiger partial charge on any atom is 0.433 e. The lowest BCUT2D eigenvalue weighted by atomic mass is 10.3. The highest BCUT2D eigenvalue weighted by atomic mass is 16.6. The molecule has 0 radical (unpaired) electrons. The molecule has 2 heterocycles. The van der Waals surface area contributed by atoms with Gasteiger partial charge in [-0.3, -0.25) is 10.1 Å². The third kappa shape index (κ3) is 2.48. The van der Waals surface area contributed by atoms with Crippen LogP contribution in [0.1, 0.15) is 11.3 Å². The molecule has 0 aliphatic heterocycles. The molecule has 0 saturated heterocycles. The molecule has 2 rings (SSSR count). The fourth-order valence-electron chi connectivity index (χ4n) is 1.28. The fourth-order valence-corrected chi connectivity index (χ4v) is 1.28. The van der Waals surface area contributed by atoms with Gasteiger partial charge in [0.2, 0.25) is 0 Å². The van der Waals surface area contributed by atoms with Gasteiger partial charge in [-0.15, -0.1) is 0 Å². The molecule has 0 amide bonds. The Morgan fingerprint density at radius 1 is 1.31 bits per heavy atom. The van der Waals surface area contributed by atoms with Gasteiger partial charge in [0, 0.05) is 12.1 Å². The van der Waals surface area contributed by atoms with Crippen LogP contribution in [-0.4, -0.2) is 4.92 Å². The van der Waals surface area contributed by atoms with E-state index in [1.54, 1.807) is 18.6 Å². The number of nitrogens with one attached hydrogen (secondary N) is 1. The summed E-state index contributed by atoms with van der Waals surface area (Å²) in [6, 6.07) is 4.77. The number of hydrogen-bond donors (Lipinski definition) is 1. The second kappa shape index (κ2) is 4.63. The first-order valence-corrected chi connectivity index (χ1v) is 4.70. The van der Waals surface area contributed by atoms with Crippen molar-refractivity contribution in [3.63, 3.8) is 0 Å². The lowest BCUT2D eigenvalue weighted by Gasteiger charge is -1.98. The summed E-state index contributed by atoms with van der Waals surface area (Å²) < 4.78 is 9.88. The zero-order chi connectivity index (χ0) is 11.4. The molecule has 1 N–H and O–H groups in total. The van der Waals surface area contributed by atoms with Gasteiger partial charge in [0.05, 0.1) is 25.1 Å². The Balaban J connectivity index is 1.83. The SMILES string of the molecule is O=[N+]([O-])c1ccc(CNCc2ccoc2)o1. The van der Waals surface area contributed by atoms with Crippen molar-refractivity contribution in [2.45, 2.75) is 13.1 Å². The Bertz CT molecular complexity index is 461. The van der Waals surface area contributed by atoms with Gasteiger partial charge in [0.25, 0.3) is 0 Å². The maximum atomic E-state index is 10.4. The maximum absolute atomic E-state index is 10.4. The molecule has 0 unspecified atom stereocenters. The van der Waals surface area contributed by atoms with Gasteiger partial charge >= 0.3 is 5.88 Å². The summed E-state index contributed by atoms with van der Waals surface area (Å²) in [6.45, 7) is 1.07. The average molecular weight is 222 g/mol. The Hall–Kier alpha value is -2.08. The second-order valence-electron chi connectivity index (χ2n) is 3.23. The summed E-state index contributed by atoms with van der Waals surface area (Å²) in [6.07, 6.45) is 3.23. The molecule has 0 aromatic carbocycles. The minimum absolute atomic E-state index is 0.236. The highest BCUT2D eigenvalue weighted by molar-refractivity contribution is 5.17. The van der Waals surface area contributed by atoms with Crippen molar-refractivity contribution in [1.29, 1.82) is 0 Å². The predicted octanol–water partition coefficient (Wildman–Crippen LogP) is 2.07. The van der Waals surface area contributed by atoms with Crippen molar-refractivity contribution in [1.82, 2.24) is 5.32 Å².